The average Bonchev–Trinajstić information content (AvgIpc) is 3.11. The summed E-state index contributed by atoms with van der Waals surface area (Å²) in [4.78, 5) is 25.3. The lowest BCUT2D eigenvalue weighted by molar-refractivity contribution is -0.127. The zero-order valence-electron chi connectivity index (χ0n) is 13.4. The summed E-state index contributed by atoms with van der Waals surface area (Å²) < 4.78 is 13.8. The predicted molar refractivity (Wildman–Crippen MR) is 92.3 cm³/mol. The van der Waals surface area contributed by atoms with Gasteiger partial charge in [0.25, 0.3) is 0 Å². The van der Waals surface area contributed by atoms with Gasteiger partial charge in [-0.15, -0.1) is 0 Å². The van der Waals surface area contributed by atoms with Gasteiger partial charge in [-0.25, -0.2) is 14.4 Å². The smallest absolute Gasteiger partial charge is 0.246 e. The molecule has 6 nitrogen and oxygen atoms in total. The van der Waals surface area contributed by atoms with Crippen molar-refractivity contribution in [2.45, 2.75) is 12.6 Å². The van der Waals surface area contributed by atoms with Crippen LogP contribution in [-0.4, -0.2) is 32.3 Å². The number of H-pyrrole nitrogens is 1. The van der Waals surface area contributed by atoms with Crippen molar-refractivity contribution in [3.63, 3.8) is 0 Å². The molecule has 1 aliphatic heterocycles. The fourth-order valence-corrected chi connectivity index (χ4v) is 3.20. The van der Waals surface area contributed by atoms with Crippen LogP contribution >= 0.6 is 0 Å². The van der Waals surface area contributed by atoms with E-state index in [0.29, 0.717) is 24.6 Å². The fraction of sp³-hybridized carbons (Fsp3) is 0.167. The Labute approximate surface area is 143 Å². The maximum Gasteiger partial charge on any atom is 0.246 e. The number of hydrogen-bond acceptors (Lipinski definition) is 4. The fourth-order valence-electron chi connectivity index (χ4n) is 3.20. The summed E-state index contributed by atoms with van der Waals surface area (Å²) in [5.74, 6) is 0.180. The van der Waals surface area contributed by atoms with Gasteiger partial charge >= 0.3 is 0 Å². The molecule has 1 aromatic carbocycles. The Morgan fingerprint density at radius 2 is 2.28 bits per heavy atom. The van der Waals surface area contributed by atoms with Crippen LogP contribution in [0.1, 0.15) is 17.2 Å². The summed E-state index contributed by atoms with van der Waals surface area (Å²) in [6, 6.07) is 6.23. The highest BCUT2D eigenvalue weighted by Gasteiger charge is 2.28. The molecule has 3 aromatic rings. The zero-order chi connectivity index (χ0) is 17.4. The molecule has 2 N–H and O–H groups in total. The standard InChI is InChI=1S/C18H16FN5O/c1-2-16(25)24-8-11-3-4-12(19)7-14(11)15(9-24)23-18-13-5-6-20-17(13)21-10-22-18/h2-7,10,15H,1,8-9H2,(H2,20,21,22,23)/t15-/m1/s1. The first-order valence-electron chi connectivity index (χ1n) is 7.90. The van der Waals surface area contributed by atoms with Crippen molar-refractivity contribution in [1.29, 1.82) is 0 Å². The molecule has 1 aliphatic rings. The number of amides is 1. The van der Waals surface area contributed by atoms with E-state index in [1.165, 1.54) is 24.5 Å². The summed E-state index contributed by atoms with van der Waals surface area (Å²) in [5, 5.41) is 4.18. The van der Waals surface area contributed by atoms with Crippen molar-refractivity contribution in [3.8, 4) is 0 Å². The van der Waals surface area contributed by atoms with Gasteiger partial charge in [0.1, 0.15) is 23.6 Å². The van der Waals surface area contributed by atoms with Gasteiger partial charge in [0.05, 0.1) is 11.4 Å². The first-order chi connectivity index (χ1) is 12.2. The molecule has 0 aliphatic carbocycles. The molecule has 2 aromatic heterocycles. The van der Waals surface area contributed by atoms with Crippen LogP contribution in [-0.2, 0) is 11.3 Å². The lowest BCUT2D eigenvalue weighted by Crippen LogP contribution is -2.39. The molecule has 126 valence electrons. The van der Waals surface area contributed by atoms with Gasteiger partial charge in [-0.05, 0) is 35.4 Å². The number of anilines is 1. The summed E-state index contributed by atoms with van der Waals surface area (Å²) in [7, 11) is 0. The van der Waals surface area contributed by atoms with E-state index < -0.39 is 0 Å². The Hall–Kier alpha value is -3.22. The van der Waals surface area contributed by atoms with Gasteiger partial charge in [0.15, 0.2) is 0 Å². The third-order valence-corrected chi connectivity index (χ3v) is 4.40. The number of carbonyl (C=O) groups excluding carboxylic acids is 1. The number of hydrogen-bond donors (Lipinski definition) is 2. The number of fused-ring (bicyclic) bond motifs is 2. The molecule has 0 saturated carbocycles. The SMILES string of the molecule is C=CC(=O)N1Cc2ccc(F)cc2[C@H](Nc2ncnc3[nH]ccc23)C1. The second-order valence-electron chi connectivity index (χ2n) is 5.93. The molecular weight excluding hydrogens is 321 g/mol. The van der Waals surface area contributed by atoms with Gasteiger partial charge in [-0.3, -0.25) is 4.79 Å². The van der Waals surface area contributed by atoms with Crippen molar-refractivity contribution in [3.05, 3.63) is 66.4 Å². The second kappa shape index (κ2) is 6.01. The minimum atomic E-state index is -0.302. The molecule has 0 bridgehead atoms. The van der Waals surface area contributed by atoms with E-state index in [9.17, 15) is 9.18 Å². The maximum atomic E-state index is 13.8. The monoisotopic (exact) mass is 337 g/mol. The molecule has 1 amide bonds. The zero-order valence-corrected chi connectivity index (χ0v) is 13.4. The molecule has 7 heteroatoms. The molecule has 25 heavy (non-hydrogen) atoms. The molecule has 0 radical (unpaired) electrons. The first-order valence-corrected chi connectivity index (χ1v) is 7.90. The summed E-state index contributed by atoms with van der Waals surface area (Å²) >= 11 is 0. The average molecular weight is 337 g/mol. The quantitative estimate of drug-likeness (QED) is 0.721. The van der Waals surface area contributed by atoms with Gasteiger partial charge < -0.3 is 15.2 Å². The summed E-state index contributed by atoms with van der Waals surface area (Å²) in [6.45, 7) is 4.39. The van der Waals surface area contributed by atoms with E-state index in [1.807, 2.05) is 6.07 Å². The maximum absolute atomic E-state index is 13.8. The topological polar surface area (TPSA) is 73.9 Å². The Morgan fingerprint density at radius 3 is 3.12 bits per heavy atom. The van der Waals surface area contributed by atoms with Crippen LogP contribution in [0.2, 0.25) is 0 Å². The molecule has 0 spiro atoms. The minimum absolute atomic E-state index is 0.156. The van der Waals surface area contributed by atoms with Crippen molar-refractivity contribution < 1.29 is 9.18 Å². The highest BCUT2D eigenvalue weighted by molar-refractivity contribution is 5.88. The highest BCUT2D eigenvalue weighted by Crippen LogP contribution is 2.31. The highest BCUT2D eigenvalue weighted by atomic mass is 19.1. The molecule has 0 unspecified atom stereocenters. The van der Waals surface area contributed by atoms with Gasteiger partial charge in [0, 0.05) is 19.3 Å². The van der Waals surface area contributed by atoms with E-state index in [0.717, 1.165) is 16.5 Å². The number of aromatic nitrogens is 3. The van der Waals surface area contributed by atoms with E-state index in [1.54, 1.807) is 17.2 Å². The van der Waals surface area contributed by atoms with E-state index >= 15 is 0 Å². The van der Waals surface area contributed by atoms with Crippen molar-refractivity contribution in [2.24, 2.45) is 0 Å². The van der Waals surface area contributed by atoms with E-state index in [4.69, 9.17) is 0 Å². The molecule has 0 fully saturated rings. The Balaban J connectivity index is 1.74. The summed E-state index contributed by atoms with van der Waals surface area (Å²) in [6.07, 6.45) is 4.54. The van der Waals surface area contributed by atoms with Crippen LogP contribution in [0, 0.1) is 5.82 Å². The van der Waals surface area contributed by atoms with E-state index in [-0.39, 0.29) is 17.8 Å². The summed E-state index contributed by atoms with van der Waals surface area (Å²) in [5.41, 5.74) is 2.45. The van der Waals surface area contributed by atoms with Crippen molar-refractivity contribution in [2.75, 3.05) is 11.9 Å². The molecule has 3 heterocycles. The van der Waals surface area contributed by atoms with Crippen molar-refractivity contribution >= 4 is 22.8 Å². The number of rotatable bonds is 3. The van der Waals surface area contributed by atoms with Gasteiger partial charge in [-0.1, -0.05) is 12.6 Å². The molecule has 4 rings (SSSR count). The van der Waals surface area contributed by atoms with Crippen LogP contribution in [0.4, 0.5) is 10.2 Å². The van der Waals surface area contributed by atoms with Crippen LogP contribution < -0.4 is 5.32 Å². The Kier molecular flexibility index (Phi) is 3.68. The molecule has 1 atom stereocenters. The predicted octanol–water partition coefficient (Wildman–Crippen LogP) is 2.78. The van der Waals surface area contributed by atoms with Crippen molar-refractivity contribution in [1.82, 2.24) is 19.9 Å². The lowest BCUT2D eigenvalue weighted by atomic mass is 9.95. The van der Waals surface area contributed by atoms with Crippen LogP contribution in [0.15, 0.2) is 49.4 Å². The normalized spacial score (nSPS) is 16.5. The number of aromatic amines is 1. The van der Waals surface area contributed by atoms with Crippen LogP contribution in [0.25, 0.3) is 11.0 Å². The molecule has 0 saturated heterocycles. The third-order valence-electron chi connectivity index (χ3n) is 4.40. The minimum Gasteiger partial charge on any atom is -0.361 e. The number of nitrogens with one attached hydrogen (secondary N) is 2. The number of halogens is 1. The third kappa shape index (κ3) is 2.73. The van der Waals surface area contributed by atoms with Gasteiger partial charge in [-0.2, -0.15) is 0 Å². The Morgan fingerprint density at radius 1 is 1.40 bits per heavy atom. The second-order valence-corrected chi connectivity index (χ2v) is 5.93. The number of carbonyl (C=O) groups is 1. The Bertz CT molecular complexity index is 967. The molecular formula is C18H16FN5O. The van der Waals surface area contributed by atoms with Crippen LogP contribution in [0.5, 0.6) is 0 Å². The number of nitrogens with zero attached hydrogens (tertiary/aromatic N) is 3. The number of benzene rings is 1. The van der Waals surface area contributed by atoms with Gasteiger partial charge in [0.2, 0.25) is 5.91 Å². The van der Waals surface area contributed by atoms with E-state index in [2.05, 4.69) is 26.8 Å². The first kappa shape index (κ1) is 15.3. The lowest BCUT2D eigenvalue weighted by Gasteiger charge is -2.35. The van der Waals surface area contributed by atoms with Crippen LogP contribution in [0.3, 0.4) is 0 Å². The largest absolute Gasteiger partial charge is 0.361 e.